The van der Waals surface area contributed by atoms with Crippen molar-refractivity contribution < 1.29 is 9.59 Å². The van der Waals surface area contributed by atoms with Crippen molar-refractivity contribution in [3.8, 4) is 11.3 Å². The number of fused-ring (bicyclic) bond motifs is 1. The summed E-state index contributed by atoms with van der Waals surface area (Å²) in [7, 11) is 2.12. The van der Waals surface area contributed by atoms with Crippen molar-refractivity contribution in [2.45, 2.75) is 18.9 Å². The minimum absolute atomic E-state index is 0.194. The molecule has 0 spiro atoms. The topological polar surface area (TPSA) is 119 Å². The third-order valence-corrected chi connectivity index (χ3v) is 6.29. The van der Waals surface area contributed by atoms with Crippen molar-refractivity contribution >= 4 is 40.0 Å². The first-order valence-corrected chi connectivity index (χ1v) is 11.6. The van der Waals surface area contributed by atoms with Gasteiger partial charge in [0, 0.05) is 35.1 Å². The van der Waals surface area contributed by atoms with Crippen molar-refractivity contribution in [2.75, 3.05) is 24.6 Å². The van der Waals surface area contributed by atoms with Gasteiger partial charge < -0.3 is 5.73 Å². The van der Waals surface area contributed by atoms with Gasteiger partial charge in [0.2, 0.25) is 0 Å². The maximum absolute atomic E-state index is 12.4. The number of aromatic nitrogens is 4. The lowest BCUT2D eigenvalue weighted by Gasteiger charge is -2.18. The van der Waals surface area contributed by atoms with Crippen LogP contribution in [0.2, 0.25) is 0 Å². The number of nitrogens with two attached hydrogens (primary N) is 1. The number of carbonyl (C=O) groups is 2. The SMILES string of the molecule is C=CC=O.CN1CCCC1c1nc(-c2ccc(C(=O)Nc3nccs3)cc2)c2c(N)nccn12. The van der Waals surface area contributed by atoms with E-state index in [0.29, 0.717) is 22.8 Å². The molecule has 0 saturated carbocycles. The number of likely N-dealkylation sites (tertiary alicyclic amines) is 1. The van der Waals surface area contributed by atoms with Gasteiger partial charge >= 0.3 is 0 Å². The minimum atomic E-state index is -0.194. The molecule has 0 radical (unpaired) electrons. The summed E-state index contributed by atoms with van der Waals surface area (Å²) in [6, 6.07) is 7.62. The number of nitrogens with one attached hydrogen (secondary N) is 1. The van der Waals surface area contributed by atoms with E-state index in [1.54, 1.807) is 24.5 Å². The first-order valence-electron chi connectivity index (χ1n) is 10.7. The molecule has 1 aliphatic heterocycles. The lowest BCUT2D eigenvalue weighted by molar-refractivity contribution is -0.104. The summed E-state index contributed by atoms with van der Waals surface area (Å²) in [6.07, 6.45) is 9.32. The average molecular weight is 476 g/mol. The number of anilines is 2. The van der Waals surface area contributed by atoms with Gasteiger partial charge in [-0.1, -0.05) is 18.7 Å². The highest BCUT2D eigenvalue weighted by atomic mass is 32.1. The molecule has 1 unspecified atom stereocenters. The first kappa shape index (κ1) is 23.3. The average Bonchev–Trinajstić information content (AvgIpc) is 3.60. The van der Waals surface area contributed by atoms with Crippen LogP contribution in [-0.4, -0.2) is 50.0 Å². The third kappa shape index (κ3) is 4.73. The molecule has 1 aromatic carbocycles. The monoisotopic (exact) mass is 475 g/mol. The second kappa shape index (κ2) is 10.4. The fraction of sp³-hybridized carbons (Fsp3) is 0.208. The van der Waals surface area contributed by atoms with E-state index in [0.717, 1.165) is 42.0 Å². The van der Waals surface area contributed by atoms with Crippen LogP contribution in [0.5, 0.6) is 0 Å². The zero-order valence-electron chi connectivity index (χ0n) is 18.7. The lowest BCUT2D eigenvalue weighted by atomic mass is 10.1. The molecule has 174 valence electrons. The van der Waals surface area contributed by atoms with Crippen LogP contribution in [0.4, 0.5) is 10.9 Å². The van der Waals surface area contributed by atoms with E-state index >= 15 is 0 Å². The summed E-state index contributed by atoms with van der Waals surface area (Å²) in [5.41, 5.74) is 9.27. The second-order valence-electron chi connectivity index (χ2n) is 7.73. The second-order valence-corrected chi connectivity index (χ2v) is 8.62. The molecule has 9 nitrogen and oxygen atoms in total. The quantitative estimate of drug-likeness (QED) is 0.333. The van der Waals surface area contributed by atoms with Crippen molar-refractivity contribution in [2.24, 2.45) is 0 Å². The van der Waals surface area contributed by atoms with Gasteiger partial charge in [-0.3, -0.25) is 24.2 Å². The van der Waals surface area contributed by atoms with Gasteiger partial charge in [-0.05, 0) is 44.6 Å². The van der Waals surface area contributed by atoms with Crippen molar-refractivity contribution in [3.63, 3.8) is 0 Å². The molecule has 4 heterocycles. The van der Waals surface area contributed by atoms with E-state index in [1.165, 1.54) is 17.4 Å². The summed E-state index contributed by atoms with van der Waals surface area (Å²) >= 11 is 1.38. The van der Waals surface area contributed by atoms with Crippen LogP contribution in [0.3, 0.4) is 0 Å². The first-order chi connectivity index (χ1) is 16.5. The molecule has 1 saturated heterocycles. The van der Waals surface area contributed by atoms with Crippen molar-refractivity contribution in [3.05, 3.63) is 72.3 Å². The van der Waals surface area contributed by atoms with Gasteiger partial charge in [-0.15, -0.1) is 11.3 Å². The van der Waals surface area contributed by atoms with Crippen LogP contribution in [0.25, 0.3) is 16.8 Å². The van der Waals surface area contributed by atoms with Crippen LogP contribution < -0.4 is 11.1 Å². The number of carbonyl (C=O) groups excluding carboxylic acids is 2. The van der Waals surface area contributed by atoms with E-state index in [9.17, 15) is 4.79 Å². The molecule has 4 aromatic rings. The van der Waals surface area contributed by atoms with E-state index in [2.05, 4.69) is 33.8 Å². The highest BCUT2D eigenvalue weighted by molar-refractivity contribution is 7.13. The Kier molecular flexibility index (Phi) is 7.09. The van der Waals surface area contributed by atoms with E-state index in [1.807, 2.05) is 28.1 Å². The Balaban J connectivity index is 0.000000636. The number of rotatable bonds is 5. The summed E-state index contributed by atoms with van der Waals surface area (Å²) in [5, 5.41) is 5.19. The van der Waals surface area contributed by atoms with Gasteiger partial charge in [-0.2, -0.15) is 0 Å². The highest BCUT2D eigenvalue weighted by Gasteiger charge is 2.28. The summed E-state index contributed by atoms with van der Waals surface area (Å²) in [6.45, 7) is 4.17. The van der Waals surface area contributed by atoms with Gasteiger partial charge in [0.05, 0.1) is 6.04 Å². The Morgan fingerprint density at radius 2 is 2.03 bits per heavy atom. The zero-order chi connectivity index (χ0) is 24.1. The molecule has 1 atom stereocenters. The minimum Gasteiger partial charge on any atom is -0.382 e. The number of amides is 1. The van der Waals surface area contributed by atoms with E-state index in [4.69, 9.17) is 15.5 Å². The Labute approximate surface area is 201 Å². The van der Waals surface area contributed by atoms with Crippen LogP contribution >= 0.6 is 11.3 Å². The maximum Gasteiger partial charge on any atom is 0.257 e. The van der Waals surface area contributed by atoms with Gasteiger partial charge in [0.15, 0.2) is 5.13 Å². The summed E-state index contributed by atoms with van der Waals surface area (Å²) < 4.78 is 2.05. The Morgan fingerprint density at radius 1 is 1.26 bits per heavy atom. The number of thiazole rings is 1. The maximum atomic E-state index is 12.4. The van der Waals surface area contributed by atoms with Crippen LogP contribution in [0, 0.1) is 0 Å². The Bertz CT molecular complexity index is 1290. The Hall–Kier alpha value is -3.89. The van der Waals surface area contributed by atoms with Crippen molar-refractivity contribution in [1.29, 1.82) is 0 Å². The van der Waals surface area contributed by atoms with E-state index in [-0.39, 0.29) is 11.9 Å². The van der Waals surface area contributed by atoms with Crippen molar-refractivity contribution in [1.82, 2.24) is 24.3 Å². The molecule has 1 fully saturated rings. The number of benzene rings is 1. The molecule has 5 rings (SSSR count). The van der Waals surface area contributed by atoms with Crippen LogP contribution in [0.1, 0.15) is 35.1 Å². The molecule has 3 aromatic heterocycles. The van der Waals surface area contributed by atoms with E-state index < -0.39 is 0 Å². The molecule has 0 aliphatic carbocycles. The summed E-state index contributed by atoms with van der Waals surface area (Å²) in [5.74, 6) is 1.22. The van der Waals surface area contributed by atoms with Gasteiger partial charge in [-0.25, -0.2) is 15.0 Å². The number of aldehydes is 1. The van der Waals surface area contributed by atoms with Crippen LogP contribution in [-0.2, 0) is 4.79 Å². The highest BCUT2D eigenvalue weighted by Crippen LogP contribution is 2.35. The molecule has 34 heavy (non-hydrogen) atoms. The number of hydrogen-bond donors (Lipinski definition) is 2. The number of imidazole rings is 1. The molecule has 1 aliphatic rings. The molecule has 10 heteroatoms. The lowest BCUT2D eigenvalue weighted by Crippen LogP contribution is -2.19. The Morgan fingerprint density at radius 3 is 2.65 bits per heavy atom. The van der Waals surface area contributed by atoms with Crippen LogP contribution in [0.15, 0.2) is 60.9 Å². The van der Waals surface area contributed by atoms with Gasteiger partial charge in [0.1, 0.15) is 29.1 Å². The normalized spacial score (nSPS) is 15.5. The number of hydrogen-bond acceptors (Lipinski definition) is 8. The number of allylic oxidation sites excluding steroid dienone is 1. The predicted molar refractivity (Wildman–Crippen MR) is 134 cm³/mol. The molecular weight excluding hydrogens is 450 g/mol. The number of nitrogens with zero attached hydrogens (tertiary/aromatic N) is 5. The zero-order valence-corrected chi connectivity index (χ0v) is 19.5. The third-order valence-electron chi connectivity index (χ3n) is 5.60. The summed E-state index contributed by atoms with van der Waals surface area (Å²) in [4.78, 5) is 37.2. The smallest absolute Gasteiger partial charge is 0.257 e. The largest absolute Gasteiger partial charge is 0.382 e. The fourth-order valence-corrected chi connectivity index (χ4v) is 4.52. The number of nitrogen functional groups attached to an aromatic ring is 1. The molecule has 0 bridgehead atoms. The van der Waals surface area contributed by atoms with Gasteiger partial charge in [0.25, 0.3) is 5.91 Å². The predicted octanol–water partition coefficient (Wildman–Crippen LogP) is 3.83. The molecular formula is C24H25N7O2S. The molecule has 3 N–H and O–H groups in total. The fourth-order valence-electron chi connectivity index (χ4n) is 3.99. The standard InChI is InChI=1S/C21H21N7OS.C3H4O/c1-27-10-2-3-15(27)19-25-16(17-18(22)23-8-11-28(17)19)13-4-6-14(7-5-13)20(29)26-21-24-9-12-30-21;1-2-3-4/h4-9,11-12,15H,2-3,10H2,1H3,(H2,22,23)(H,24,26,29);2-3H,1H2. The molecule has 1 amide bonds.